The molecule has 0 saturated carbocycles. The third-order valence-electron chi connectivity index (χ3n) is 17.3. The van der Waals surface area contributed by atoms with Crippen molar-refractivity contribution in [2.75, 3.05) is 56.0 Å². The number of ether oxygens (including phenoxy) is 4. The minimum Gasteiger partial charge on any atom is -0.492 e. The number of benzene rings is 4. The Morgan fingerprint density at radius 1 is 0.735 bits per heavy atom. The summed E-state index contributed by atoms with van der Waals surface area (Å²) in [6.07, 6.45) is -1.20. The zero-order valence-corrected chi connectivity index (χ0v) is 59.8. The molecule has 2 bridgehead atoms. The first-order valence-electron chi connectivity index (χ1n) is 32.6. The molecular formula is C64H72N15O17P3S3. The lowest BCUT2D eigenvalue weighted by molar-refractivity contribution is -0.122. The first-order chi connectivity index (χ1) is 49.2. The molecule has 9 N–H and O–H groups in total. The number of unbranched alkanes of at least 4 members (excludes halogenated alkanes) is 4. The highest BCUT2D eigenvalue weighted by molar-refractivity contribution is 8.54. The predicted octanol–water partition coefficient (Wildman–Crippen LogP) is 7.68. The molecule has 4 aliphatic heterocycles. The maximum atomic E-state index is 15.5. The van der Waals surface area contributed by atoms with E-state index < -0.39 is 88.3 Å². The average Bonchev–Trinajstić information content (AvgIpc) is 1.55. The Kier molecular flexibility index (Phi) is 22.6. The van der Waals surface area contributed by atoms with E-state index in [2.05, 4.69) is 45.5 Å². The maximum Gasteiger partial charge on any atom is 0.390 e. The standard InChI is InChI=1S/C64H72N15O17P3S3/c1-97(85,100)89-28-11-3-2-10-26-67-48(80)16-8-9-17-49(81)76-30-40-12-4-5-13-43(40)53-50(44-14-6-7-15-45(44)76)74-75-79(53)27-29-88-41-24-20-39(21-25-41)64(84)92-42-22-18-38(19-23-42)33-102-99(87)91-32-47-56(55(83)62(94-47)77-36-72-51-58(65)68-34-70-60(51)77)95-98(86,101)90-31-46-54(82)57(96-99)63(93-46)78-37-73-52-59(66)69-35-71-61(52)78/h4-7,12-15,18-25,34-37,46-47,54-57,62-63,82-83H,2-3,8-11,16-17,26-33H2,1H3,(H,67,80)(H,85,100)(H,86,101)(H2,65,68,70)(H2,66,69,71)/t46-,47-,54-,55-,56-,57-,62-,63-,97?,98?,99-/m1/s1. The summed E-state index contributed by atoms with van der Waals surface area (Å²) in [5.74, 6) is -0.0264. The molecule has 3 fully saturated rings. The molecule has 0 aliphatic carbocycles. The van der Waals surface area contributed by atoms with Crippen LogP contribution in [0.4, 0.5) is 17.3 Å². The van der Waals surface area contributed by atoms with Crippen LogP contribution in [-0.2, 0) is 88.7 Å². The molecule has 2 amide bonds. The van der Waals surface area contributed by atoms with Crippen LogP contribution in [0.2, 0.25) is 0 Å². The Morgan fingerprint density at radius 2 is 1.39 bits per heavy atom. The Labute approximate surface area is 597 Å². The number of imidazole rings is 2. The molecule has 38 heteroatoms. The van der Waals surface area contributed by atoms with Gasteiger partial charge in [-0.1, -0.05) is 72.7 Å². The number of carbonyl (C=O) groups is 3. The number of hydrogen-bond acceptors (Lipinski definition) is 28. The number of nitrogens with one attached hydrogen (secondary N) is 1. The summed E-state index contributed by atoms with van der Waals surface area (Å²) in [4.78, 5) is 88.5. The summed E-state index contributed by atoms with van der Waals surface area (Å²) >= 11 is 11.1. The van der Waals surface area contributed by atoms with Gasteiger partial charge in [-0.2, -0.15) is 0 Å². The number of aliphatic hydroxyl groups excluding tert-OH is 2. The number of nitrogens with zero attached hydrogens (tertiary/aromatic N) is 12. The lowest BCUT2D eigenvalue weighted by Crippen LogP contribution is -2.36. The molecule has 13 rings (SSSR count). The maximum absolute atomic E-state index is 15.5. The monoisotopic (exact) mass is 1510 g/mol. The fourth-order valence-electron chi connectivity index (χ4n) is 12.2. The Balaban J connectivity index is 0.633. The van der Waals surface area contributed by atoms with Gasteiger partial charge >= 0.3 is 19.5 Å². The van der Waals surface area contributed by atoms with Crippen LogP contribution in [0.5, 0.6) is 11.5 Å². The van der Waals surface area contributed by atoms with E-state index in [1.807, 2.05) is 48.5 Å². The number of esters is 1. The Hall–Kier alpha value is -7.63. The highest BCUT2D eigenvalue weighted by Gasteiger charge is 2.54. The number of rotatable bonds is 24. The second-order valence-corrected chi connectivity index (χ2v) is 35.1. The van der Waals surface area contributed by atoms with Gasteiger partial charge in [0.05, 0.1) is 62.5 Å². The SMILES string of the molecule is CP(O)(=S)OCCCCCCNC(=O)CCCCC(=O)N1Cc2ccccc2-c2c(nnn2CCOc2ccc(C(=O)Oc3ccc(CS[P@]4(=O)OC[C@H]5O[C@@H](n6cnc7c(N)ncnc76)[C@H](O)[C@@H]5OP(O)(=S)OC[C@H]5O[C@@H](n6cnc7c(N)ncnc76)[C@H](O4)[C@@H]5O)cc3)cc2)-c2ccccc21. The van der Waals surface area contributed by atoms with E-state index in [0.29, 0.717) is 68.2 Å². The molecule has 4 aromatic carbocycles. The van der Waals surface area contributed by atoms with Crippen molar-refractivity contribution in [2.45, 2.75) is 119 Å². The number of nitrogen functional groups attached to an aromatic ring is 2. The number of amides is 2. The van der Waals surface area contributed by atoms with Crippen molar-refractivity contribution in [1.29, 1.82) is 0 Å². The second-order valence-electron chi connectivity index (χ2n) is 24.4. The normalized spacial score (nSPS) is 24.0. The van der Waals surface area contributed by atoms with Crippen LogP contribution in [0.25, 0.3) is 44.8 Å². The number of para-hydroxylation sites is 1. The van der Waals surface area contributed by atoms with E-state index in [1.165, 1.54) is 41.1 Å². The summed E-state index contributed by atoms with van der Waals surface area (Å²) in [6.45, 7) is -9.37. The van der Waals surface area contributed by atoms with Gasteiger partial charge < -0.3 is 69.7 Å². The second kappa shape index (κ2) is 31.8. The summed E-state index contributed by atoms with van der Waals surface area (Å²) in [6, 6.07) is 28.4. The van der Waals surface area contributed by atoms with E-state index in [1.54, 1.807) is 58.1 Å². The minimum atomic E-state index is -4.54. The highest BCUT2D eigenvalue weighted by atomic mass is 32.7. The van der Waals surface area contributed by atoms with Crippen molar-refractivity contribution in [2.24, 2.45) is 0 Å². The van der Waals surface area contributed by atoms with E-state index in [4.69, 9.17) is 76.6 Å². The molecule has 11 atom stereocenters. The quantitative estimate of drug-likeness (QED) is 0.0132. The lowest BCUT2D eigenvalue weighted by Gasteiger charge is -2.28. The van der Waals surface area contributed by atoms with Crippen molar-refractivity contribution in [3.8, 4) is 34.0 Å². The van der Waals surface area contributed by atoms with Gasteiger partial charge in [0.25, 0.3) is 0 Å². The minimum absolute atomic E-state index is 0.0402. The summed E-state index contributed by atoms with van der Waals surface area (Å²) in [5.41, 5.74) is 18.4. The molecule has 4 aliphatic rings. The van der Waals surface area contributed by atoms with E-state index in [0.717, 1.165) is 59.4 Å². The molecule has 5 aromatic heterocycles. The highest BCUT2D eigenvalue weighted by Crippen LogP contribution is 2.65. The summed E-state index contributed by atoms with van der Waals surface area (Å²) in [7, 11) is 0. The molecule has 3 saturated heterocycles. The van der Waals surface area contributed by atoms with Crippen molar-refractivity contribution in [3.63, 3.8) is 0 Å². The van der Waals surface area contributed by atoms with Crippen LogP contribution in [0.3, 0.4) is 0 Å². The summed E-state index contributed by atoms with van der Waals surface area (Å²) in [5, 5.41) is 36.0. The number of anilines is 3. The van der Waals surface area contributed by atoms with Crippen LogP contribution in [0.1, 0.15) is 85.3 Å². The summed E-state index contributed by atoms with van der Waals surface area (Å²) < 4.78 is 74.2. The van der Waals surface area contributed by atoms with Gasteiger partial charge in [-0.15, -0.1) is 5.10 Å². The lowest BCUT2D eigenvalue weighted by atomic mass is 9.95. The number of carbonyl (C=O) groups excluding carboxylic acids is 3. The molecule has 538 valence electrons. The third-order valence-corrected chi connectivity index (χ3v) is 23.5. The number of hydrogen-bond donors (Lipinski definition) is 7. The van der Waals surface area contributed by atoms with E-state index in [-0.39, 0.29) is 75.9 Å². The van der Waals surface area contributed by atoms with Gasteiger partial charge in [-0.3, -0.25) is 32.3 Å². The first kappa shape index (κ1) is 72.7. The van der Waals surface area contributed by atoms with Crippen molar-refractivity contribution < 1.29 is 80.5 Å². The Bertz CT molecular complexity index is 4670. The fourth-order valence-corrected chi connectivity index (χ4v) is 17.7. The average molecular weight is 1510 g/mol. The molecule has 32 nitrogen and oxygen atoms in total. The van der Waals surface area contributed by atoms with E-state index >= 15 is 4.57 Å². The van der Waals surface area contributed by atoms with Crippen LogP contribution in [0, 0.1) is 0 Å². The molecule has 9 heterocycles. The van der Waals surface area contributed by atoms with Crippen LogP contribution < -0.4 is 31.2 Å². The number of nitrogens with two attached hydrogens (primary N) is 2. The van der Waals surface area contributed by atoms with Gasteiger partial charge in [0, 0.05) is 42.9 Å². The number of fused-ring (bicyclic) bond motifs is 10. The fraction of sp³-hybridized carbons (Fsp3) is 0.391. The smallest absolute Gasteiger partial charge is 0.390 e. The van der Waals surface area contributed by atoms with Crippen LogP contribution in [0.15, 0.2) is 122 Å². The zero-order chi connectivity index (χ0) is 71.3. The van der Waals surface area contributed by atoms with Gasteiger partial charge in [0.2, 0.25) is 11.8 Å². The molecule has 102 heavy (non-hydrogen) atoms. The van der Waals surface area contributed by atoms with Gasteiger partial charge in [0.15, 0.2) is 41.9 Å². The predicted molar refractivity (Wildman–Crippen MR) is 380 cm³/mol. The van der Waals surface area contributed by atoms with E-state index in [9.17, 15) is 34.4 Å². The molecular weight excluding hydrogens is 1440 g/mol. The van der Waals surface area contributed by atoms with Gasteiger partial charge in [0.1, 0.15) is 84.1 Å². The molecule has 0 spiro atoms. The molecule has 0 radical (unpaired) electrons. The van der Waals surface area contributed by atoms with Gasteiger partial charge in [-0.25, -0.2) is 43.9 Å². The third kappa shape index (κ3) is 16.8. The van der Waals surface area contributed by atoms with Crippen molar-refractivity contribution >= 4 is 112 Å². The largest absolute Gasteiger partial charge is 0.492 e. The zero-order valence-electron chi connectivity index (χ0n) is 54.7. The van der Waals surface area contributed by atoms with Crippen LogP contribution in [-0.4, -0.2) is 168 Å². The Morgan fingerprint density at radius 3 is 2.13 bits per heavy atom. The molecule has 2 unspecified atom stereocenters. The van der Waals surface area contributed by atoms with Crippen molar-refractivity contribution in [1.82, 2.24) is 59.3 Å². The van der Waals surface area contributed by atoms with Crippen molar-refractivity contribution in [3.05, 3.63) is 139 Å². The van der Waals surface area contributed by atoms with Gasteiger partial charge in [-0.05, 0) is 114 Å². The first-order valence-corrected chi connectivity index (χ1v) is 41.4. The topological polar surface area (TPSA) is 417 Å². The van der Waals surface area contributed by atoms with Crippen LogP contribution >= 0.6 is 31.4 Å². The number of aromatic nitrogens is 11. The number of aliphatic hydroxyl groups is 2. The molecule has 9 aromatic rings.